The van der Waals surface area contributed by atoms with Gasteiger partial charge in [-0.2, -0.15) is 0 Å². The molecule has 0 saturated carbocycles. The predicted molar refractivity (Wildman–Crippen MR) is 92.3 cm³/mol. The monoisotopic (exact) mass is 328 g/mol. The summed E-state index contributed by atoms with van der Waals surface area (Å²) < 4.78 is 13.5. The molecule has 0 fully saturated rings. The van der Waals surface area contributed by atoms with E-state index in [4.69, 9.17) is 0 Å². The number of aryl methyl sites for hydroxylation is 2. The summed E-state index contributed by atoms with van der Waals surface area (Å²) in [5.74, 6) is -1.04. The minimum Gasteiger partial charge on any atom is -0.355 e. The van der Waals surface area contributed by atoms with Crippen LogP contribution in [-0.2, 0) is 16.0 Å². The standard InChI is InChI=1S/C19H21FN2O2/c1-13-7-8-14(2)17(11-13)22-19(24)12-18(23)21-10-9-15-5-3-4-6-16(15)20/h3-8,11H,9-10,12H2,1-2H3,(H,21,23)(H,22,24). The molecule has 2 aromatic rings. The zero-order valence-electron chi connectivity index (χ0n) is 13.9. The normalized spacial score (nSPS) is 10.3. The van der Waals surface area contributed by atoms with Crippen molar-refractivity contribution in [1.29, 1.82) is 0 Å². The van der Waals surface area contributed by atoms with Gasteiger partial charge in [0.2, 0.25) is 11.8 Å². The van der Waals surface area contributed by atoms with E-state index in [0.29, 0.717) is 17.7 Å². The fourth-order valence-electron chi connectivity index (χ4n) is 2.31. The highest BCUT2D eigenvalue weighted by molar-refractivity contribution is 6.03. The molecule has 2 rings (SSSR count). The number of halogens is 1. The van der Waals surface area contributed by atoms with Crippen LogP contribution in [0.25, 0.3) is 0 Å². The maximum absolute atomic E-state index is 13.5. The minimum atomic E-state index is -0.380. The van der Waals surface area contributed by atoms with Crippen LogP contribution in [0.5, 0.6) is 0 Å². The van der Waals surface area contributed by atoms with Gasteiger partial charge >= 0.3 is 0 Å². The van der Waals surface area contributed by atoms with Crippen molar-refractivity contribution < 1.29 is 14.0 Å². The number of rotatable bonds is 6. The molecule has 4 nitrogen and oxygen atoms in total. The Bertz CT molecular complexity index is 744. The number of benzene rings is 2. The van der Waals surface area contributed by atoms with Crippen molar-refractivity contribution in [3.05, 3.63) is 65.0 Å². The van der Waals surface area contributed by atoms with E-state index in [0.717, 1.165) is 11.1 Å². The minimum absolute atomic E-state index is 0.259. The van der Waals surface area contributed by atoms with E-state index in [-0.39, 0.29) is 30.6 Å². The highest BCUT2D eigenvalue weighted by atomic mass is 19.1. The van der Waals surface area contributed by atoms with Gasteiger partial charge in [0.1, 0.15) is 12.2 Å². The van der Waals surface area contributed by atoms with Crippen LogP contribution in [0.15, 0.2) is 42.5 Å². The van der Waals surface area contributed by atoms with Gasteiger partial charge in [-0.1, -0.05) is 30.3 Å². The number of nitrogens with one attached hydrogen (secondary N) is 2. The van der Waals surface area contributed by atoms with Gasteiger partial charge in [0.15, 0.2) is 0 Å². The molecular formula is C19H21FN2O2. The summed E-state index contributed by atoms with van der Waals surface area (Å²) in [6, 6.07) is 12.2. The van der Waals surface area contributed by atoms with Gasteiger partial charge in [-0.3, -0.25) is 9.59 Å². The number of anilines is 1. The Morgan fingerprint density at radius 1 is 1.04 bits per heavy atom. The third kappa shape index (κ3) is 5.19. The van der Waals surface area contributed by atoms with E-state index in [1.807, 2.05) is 32.0 Å². The quantitative estimate of drug-likeness (QED) is 0.801. The number of carbonyl (C=O) groups excluding carboxylic acids is 2. The molecular weight excluding hydrogens is 307 g/mol. The fourth-order valence-corrected chi connectivity index (χ4v) is 2.31. The Morgan fingerprint density at radius 3 is 2.54 bits per heavy atom. The first-order chi connectivity index (χ1) is 11.5. The molecule has 0 unspecified atom stereocenters. The number of hydrogen-bond acceptors (Lipinski definition) is 2. The van der Waals surface area contributed by atoms with Gasteiger partial charge < -0.3 is 10.6 Å². The summed E-state index contributed by atoms with van der Waals surface area (Å²) in [7, 11) is 0. The average molecular weight is 328 g/mol. The average Bonchev–Trinajstić information content (AvgIpc) is 2.52. The zero-order valence-corrected chi connectivity index (χ0v) is 13.9. The summed E-state index contributed by atoms with van der Waals surface area (Å²) >= 11 is 0. The molecule has 0 saturated heterocycles. The van der Waals surface area contributed by atoms with Crippen LogP contribution in [0, 0.1) is 19.7 Å². The molecule has 0 atom stereocenters. The highest BCUT2D eigenvalue weighted by Crippen LogP contribution is 2.16. The second-order valence-electron chi connectivity index (χ2n) is 5.73. The molecule has 2 amide bonds. The lowest BCUT2D eigenvalue weighted by atomic mass is 10.1. The molecule has 2 aromatic carbocycles. The van der Waals surface area contributed by atoms with E-state index in [9.17, 15) is 14.0 Å². The maximum Gasteiger partial charge on any atom is 0.233 e. The summed E-state index contributed by atoms with van der Waals surface area (Å²) in [6.45, 7) is 4.12. The molecule has 0 bridgehead atoms. The Kier molecular flexibility index (Phi) is 6.07. The van der Waals surface area contributed by atoms with Crippen LogP contribution in [0.1, 0.15) is 23.1 Å². The molecule has 0 spiro atoms. The molecule has 0 aliphatic rings. The third-order valence-corrected chi connectivity index (χ3v) is 3.66. The van der Waals surface area contributed by atoms with Gasteiger partial charge in [-0.25, -0.2) is 4.39 Å². The van der Waals surface area contributed by atoms with E-state index in [1.165, 1.54) is 6.07 Å². The van der Waals surface area contributed by atoms with Gasteiger partial charge in [-0.05, 0) is 49.1 Å². The second kappa shape index (κ2) is 8.24. The molecule has 0 radical (unpaired) electrons. The molecule has 0 aliphatic heterocycles. The molecule has 0 aliphatic carbocycles. The topological polar surface area (TPSA) is 58.2 Å². The number of carbonyl (C=O) groups is 2. The Balaban J connectivity index is 1.78. The van der Waals surface area contributed by atoms with Crippen LogP contribution in [0.3, 0.4) is 0 Å². The van der Waals surface area contributed by atoms with E-state index < -0.39 is 0 Å². The summed E-state index contributed by atoms with van der Waals surface area (Å²) in [6.07, 6.45) is 0.127. The fraction of sp³-hybridized carbons (Fsp3) is 0.263. The van der Waals surface area contributed by atoms with Crippen LogP contribution in [0.4, 0.5) is 10.1 Å². The zero-order chi connectivity index (χ0) is 17.5. The molecule has 2 N–H and O–H groups in total. The van der Waals surface area contributed by atoms with Gasteiger partial charge in [0.25, 0.3) is 0 Å². The SMILES string of the molecule is Cc1ccc(C)c(NC(=O)CC(=O)NCCc2ccccc2F)c1. The van der Waals surface area contributed by atoms with Crippen molar-refractivity contribution >= 4 is 17.5 Å². The Morgan fingerprint density at radius 2 is 1.79 bits per heavy atom. The largest absolute Gasteiger partial charge is 0.355 e. The molecule has 0 heterocycles. The summed E-state index contributed by atoms with van der Waals surface area (Å²) in [5.41, 5.74) is 3.22. The number of hydrogen-bond donors (Lipinski definition) is 2. The van der Waals surface area contributed by atoms with Gasteiger partial charge in [0.05, 0.1) is 0 Å². The first-order valence-electron chi connectivity index (χ1n) is 7.83. The summed E-state index contributed by atoms with van der Waals surface area (Å²) in [4.78, 5) is 23.7. The highest BCUT2D eigenvalue weighted by Gasteiger charge is 2.11. The first kappa shape index (κ1) is 17.7. The van der Waals surface area contributed by atoms with Crippen LogP contribution >= 0.6 is 0 Å². The van der Waals surface area contributed by atoms with Gasteiger partial charge in [0, 0.05) is 12.2 Å². The van der Waals surface area contributed by atoms with Crippen molar-refractivity contribution in [2.24, 2.45) is 0 Å². The van der Waals surface area contributed by atoms with Crippen LogP contribution in [0.2, 0.25) is 0 Å². The predicted octanol–water partition coefficient (Wildman–Crippen LogP) is 3.13. The Hall–Kier alpha value is -2.69. The maximum atomic E-state index is 13.5. The van der Waals surface area contributed by atoms with Crippen LogP contribution < -0.4 is 10.6 Å². The van der Waals surface area contributed by atoms with E-state index in [1.54, 1.807) is 18.2 Å². The smallest absolute Gasteiger partial charge is 0.233 e. The van der Waals surface area contributed by atoms with Crippen LogP contribution in [-0.4, -0.2) is 18.4 Å². The van der Waals surface area contributed by atoms with Crippen molar-refractivity contribution in [2.45, 2.75) is 26.7 Å². The summed E-state index contributed by atoms with van der Waals surface area (Å²) in [5, 5.41) is 5.37. The van der Waals surface area contributed by atoms with Gasteiger partial charge in [-0.15, -0.1) is 0 Å². The van der Waals surface area contributed by atoms with Crippen molar-refractivity contribution in [3.8, 4) is 0 Å². The van der Waals surface area contributed by atoms with Crippen molar-refractivity contribution in [2.75, 3.05) is 11.9 Å². The molecule has 126 valence electrons. The lowest BCUT2D eigenvalue weighted by Crippen LogP contribution is -2.30. The van der Waals surface area contributed by atoms with Crippen molar-refractivity contribution in [3.63, 3.8) is 0 Å². The Labute approximate surface area is 141 Å². The third-order valence-electron chi connectivity index (χ3n) is 3.66. The molecule has 0 aromatic heterocycles. The number of amides is 2. The van der Waals surface area contributed by atoms with Crippen molar-refractivity contribution in [1.82, 2.24) is 5.32 Å². The second-order valence-corrected chi connectivity index (χ2v) is 5.73. The first-order valence-corrected chi connectivity index (χ1v) is 7.83. The molecule has 24 heavy (non-hydrogen) atoms. The lowest BCUT2D eigenvalue weighted by Gasteiger charge is -2.10. The van der Waals surface area contributed by atoms with E-state index >= 15 is 0 Å². The lowest BCUT2D eigenvalue weighted by molar-refractivity contribution is -0.126. The molecule has 5 heteroatoms. The van der Waals surface area contributed by atoms with E-state index in [2.05, 4.69) is 10.6 Å².